The number of aromatic hydroxyl groups is 1. The summed E-state index contributed by atoms with van der Waals surface area (Å²) in [5, 5.41) is 15.0. The van der Waals surface area contributed by atoms with E-state index in [0.717, 1.165) is 0 Å². The van der Waals surface area contributed by atoms with Gasteiger partial charge < -0.3 is 5.11 Å². The van der Waals surface area contributed by atoms with Crippen LogP contribution in [0.3, 0.4) is 0 Å². The number of rotatable bonds is 2. The number of nitrogens with zero attached hydrogens (tertiary/aromatic N) is 1. The predicted octanol–water partition coefficient (Wildman–Crippen LogP) is 2.57. The number of primary sulfonamides is 1. The molecule has 20 heavy (non-hydrogen) atoms. The van der Waals surface area contributed by atoms with Crippen molar-refractivity contribution < 1.29 is 13.5 Å². The van der Waals surface area contributed by atoms with E-state index in [2.05, 4.69) is 4.98 Å². The molecule has 0 amide bonds. The fourth-order valence-corrected chi connectivity index (χ4v) is 3.70. The van der Waals surface area contributed by atoms with Gasteiger partial charge >= 0.3 is 0 Å². The van der Waals surface area contributed by atoms with Crippen LogP contribution in [-0.2, 0) is 14.9 Å². The van der Waals surface area contributed by atoms with Crippen molar-refractivity contribution in [2.45, 2.75) is 11.3 Å². The lowest BCUT2D eigenvalue weighted by Crippen LogP contribution is -2.26. The minimum Gasteiger partial charge on any atom is -0.504 e. The highest BCUT2D eigenvalue weighted by Gasteiger charge is 2.37. The largest absolute Gasteiger partial charge is 0.504 e. The quantitative estimate of drug-likeness (QED) is 0.630. The molecule has 0 fully saturated rings. The summed E-state index contributed by atoms with van der Waals surface area (Å²) in [5.41, 5.74) is 0.201. The third-order valence-electron chi connectivity index (χ3n) is 2.79. The number of halogens is 3. The van der Waals surface area contributed by atoms with E-state index < -0.39 is 14.9 Å². The Bertz CT molecular complexity index is 730. The lowest BCUT2D eigenvalue weighted by Gasteiger charge is -2.28. The summed E-state index contributed by atoms with van der Waals surface area (Å²) in [6, 6.07) is 1.43. The van der Waals surface area contributed by atoms with Crippen molar-refractivity contribution in [2.24, 2.45) is 5.14 Å². The molecule has 1 aromatic rings. The summed E-state index contributed by atoms with van der Waals surface area (Å²) < 4.78 is 22.9. The molecule has 0 radical (unpaired) electrons. The summed E-state index contributed by atoms with van der Waals surface area (Å²) in [6.45, 7) is 0. The summed E-state index contributed by atoms with van der Waals surface area (Å²) in [5.74, 6) is -0.333. The summed E-state index contributed by atoms with van der Waals surface area (Å²) in [4.78, 5) is 2.19. The fraction of sp³-hybridized carbons (Fsp3) is 0.182. The van der Waals surface area contributed by atoms with Gasteiger partial charge in [0, 0.05) is 23.2 Å². The van der Waals surface area contributed by atoms with Crippen molar-refractivity contribution in [3.05, 3.63) is 45.1 Å². The molecule has 0 bridgehead atoms. The van der Waals surface area contributed by atoms with Crippen LogP contribution in [0.4, 0.5) is 0 Å². The van der Waals surface area contributed by atoms with Gasteiger partial charge in [-0.1, -0.05) is 23.2 Å². The molecule has 1 aliphatic carbocycles. The van der Waals surface area contributed by atoms with Crippen LogP contribution in [0.15, 0.2) is 34.4 Å². The smallest absolute Gasteiger partial charge is 0.234 e. The maximum Gasteiger partial charge on any atom is 0.234 e. The van der Waals surface area contributed by atoms with E-state index in [0.29, 0.717) is 0 Å². The van der Waals surface area contributed by atoms with Crippen LogP contribution in [0.25, 0.3) is 0 Å². The number of allylic oxidation sites excluding steroid dienone is 4. The van der Waals surface area contributed by atoms with Gasteiger partial charge in [-0.2, -0.15) is 0 Å². The second kappa shape index (κ2) is 5.20. The Morgan fingerprint density at radius 2 is 2.05 bits per heavy atom. The van der Waals surface area contributed by atoms with Crippen LogP contribution in [-0.4, -0.2) is 18.5 Å². The minimum atomic E-state index is -3.94. The summed E-state index contributed by atoms with van der Waals surface area (Å²) in [7, 11) is -3.94. The van der Waals surface area contributed by atoms with E-state index >= 15 is 0 Å². The third kappa shape index (κ3) is 2.94. The zero-order valence-corrected chi connectivity index (χ0v) is 12.9. The van der Waals surface area contributed by atoms with Crippen molar-refractivity contribution in [1.82, 2.24) is 4.98 Å². The van der Waals surface area contributed by atoms with Crippen molar-refractivity contribution >= 4 is 44.8 Å². The Balaban J connectivity index is 2.58. The first-order valence-electron chi connectivity index (χ1n) is 5.28. The monoisotopic (exact) mass is 354 g/mol. The van der Waals surface area contributed by atoms with E-state index in [1.54, 1.807) is 0 Å². The molecular formula is C11H9Cl3N2O3S. The number of hydrogen-bond donors (Lipinski definition) is 2. The standard InChI is InChI=1S/C11H9Cl3N2O3S/c12-6-3-7(20(15,18)19)5-11(14,4-6)8-1-2-16-10(13)9(8)17/h1-4,17H,5H2,(H2,15,18,19). The SMILES string of the molecule is NS(=O)(=O)C1=CC(Cl)=CC(Cl)(c2ccnc(Cl)c2O)C1. The number of pyridine rings is 1. The molecule has 0 aliphatic heterocycles. The fourth-order valence-electron chi connectivity index (χ4n) is 1.89. The van der Waals surface area contributed by atoms with E-state index in [9.17, 15) is 13.5 Å². The maximum absolute atomic E-state index is 11.5. The van der Waals surface area contributed by atoms with Crippen LogP contribution in [0.1, 0.15) is 12.0 Å². The van der Waals surface area contributed by atoms with E-state index in [-0.39, 0.29) is 32.8 Å². The Kier molecular flexibility index (Phi) is 4.05. The molecule has 5 nitrogen and oxygen atoms in total. The van der Waals surface area contributed by atoms with Crippen LogP contribution >= 0.6 is 34.8 Å². The molecule has 108 valence electrons. The maximum atomic E-state index is 11.5. The average molecular weight is 356 g/mol. The minimum absolute atomic E-state index is 0.0996. The van der Waals surface area contributed by atoms with Gasteiger partial charge in [-0.25, -0.2) is 18.5 Å². The van der Waals surface area contributed by atoms with E-state index in [1.165, 1.54) is 24.4 Å². The van der Waals surface area contributed by atoms with Gasteiger partial charge in [-0.15, -0.1) is 11.6 Å². The molecule has 1 unspecified atom stereocenters. The number of hydrogen-bond acceptors (Lipinski definition) is 4. The van der Waals surface area contributed by atoms with E-state index in [1.807, 2.05) is 0 Å². The lowest BCUT2D eigenvalue weighted by molar-refractivity contribution is 0.459. The van der Waals surface area contributed by atoms with Gasteiger partial charge in [-0.05, 0) is 18.2 Å². The molecule has 1 heterocycles. The number of alkyl halides is 1. The lowest BCUT2D eigenvalue weighted by atomic mass is 9.91. The Morgan fingerprint density at radius 3 is 2.65 bits per heavy atom. The van der Waals surface area contributed by atoms with Crippen LogP contribution in [0.2, 0.25) is 5.15 Å². The average Bonchev–Trinajstić information content (AvgIpc) is 2.30. The van der Waals surface area contributed by atoms with Gasteiger partial charge in [0.2, 0.25) is 10.0 Å². The van der Waals surface area contributed by atoms with Gasteiger partial charge in [0.25, 0.3) is 0 Å². The predicted molar refractivity (Wildman–Crippen MR) is 78.2 cm³/mol. The second-order valence-electron chi connectivity index (χ2n) is 4.22. The molecule has 1 atom stereocenters. The number of nitrogens with two attached hydrogens (primary N) is 1. The van der Waals surface area contributed by atoms with Gasteiger partial charge in [0.05, 0.1) is 9.78 Å². The first-order chi connectivity index (χ1) is 9.13. The molecule has 1 aromatic heterocycles. The van der Waals surface area contributed by atoms with Crippen molar-refractivity contribution in [2.75, 3.05) is 0 Å². The molecule has 3 N–H and O–H groups in total. The van der Waals surface area contributed by atoms with Crippen LogP contribution in [0, 0.1) is 0 Å². The highest BCUT2D eigenvalue weighted by atomic mass is 35.5. The highest BCUT2D eigenvalue weighted by Crippen LogP contribution is 2.47. The van der Waals surface area contributed by atoms with E-state index in [4.69, 9.17) is 39.9 Å². The van der Waals surface area contributed by atoms with Crippen molar-refractivity contribution in [3.63, 3.8) is 0 Å². The van der Waals surface area contributed by atoms with Gasteiger partial charge in [0.15, 0.2) is 10.9 Å². The first-order valence-corrected chi connectivity index (χ1v) is 7.96. The zero-order valence-electron chi connectivity index (χ0n) is 9.85. The third-order valence-corrected chi connectivity index (χ3v) is 4.72. The molecule has 0 saturated heterocycles. The Morgan fingerprint density at radius 1 is 1.40 bits per heavy atom. The number of aromatic nitrogens is 1. The Labute approximate surface area is 130 Å². The van der Waals surface area contributed by atoms with Gasteiger partial charge in [0.1, 0.15) is 0 Å². The van der Waals surface area contributed by atoms with Crippen molar-refractivity contribution in [3.8, 4) is 5.75 Å². The molecular weight excluding hydrogens is 347 g/mol. The summed E-state index contributed by atoms with van der Waals surface area (Å²) >= 11 is 18.0. The molecule has 2 rings (SSSR count). The Hall–Kier alpha value is -0.790. The zero-order chi connectivity index (χ0) is 15.1. The second-order valence-corrected chi connectivity index (χ2v) is 7.31. The molecule has 9 heteroatoms. The summed E-state index contributed by atoms with van der Waals surface area (Å²) in [6.07, 6.45) is 3.82. The van der Waals surface area contributed by atoms with Crippen LogP contribution < -0.4 is 5.14 Å². The number of sulfonamides is 1. The van der Waals surface area contributed by atoms with Crippen molar-refractivity contribution in [1.29, 1.82) is 0 Å². The highest BCUT2D eigenvalue weighted by molar-refractivity contribution is 7.93. The molecule has 0 saturated carbocycles. The normalized spacial score (nSPS) is 23.2. The molecule has 0 spiro atoms. The van der Waals surface area contributed by atoms with Gasteiger partial charge in [-0.3, -0.25) is 0 Å². The molecule has 0 aromatic carbocycles. The van der Waals surface area contributed by atoms with Crippen LogP contribution in [0.5, 0.6) is 5.75 Å². The first kappa shape index (κ1) is 15.6. The topological polar surface area (TPSA) is 93.3 Å². The molecule has 1 aliphatic rings.